The van der Waals surface area contributed by atoms with Crippen LogP contribution in [0.4, 0.5) is 13.2 Å². The third-order valence-electron chi connectivity index (χ3n) is 2.50. The van der Waals surface area contributed by atoms with Crippen LogP contribution in [0.5, 0.6) is 0 Å². The zero-order chi connectivity index (χ0) is 10.7. The Morgan fingerprint density at radius 2 is 2.00 bits per heavy atom. The lowest BCUT2D eigenvalue weighted by atomic mass is 9.84. The average Bonchev–Trinajstić information content (AvgIpc) is 2.00. The summed E-state index contributed by atoms with van der Waals surface area (Å²) in [7, 11) is 0. The van der Waals surface area contributed by atoms with Crippen LogP contribution in [0.1, 0.15) is 19.8 Å². The summed E-state index contributed by atoms with van der Waals surface area (Å²) >= 11 is 0. The Bertz CT molecular complexity index is 170. The van der Waals surface area contributed by atoms with Crippen LogP contribution in [0.3, 0.4) is 0 Å². The largest absolute Gasteiger partial charge is 0.391 e. The van der Waals surface area contributed by atoms with Crippen LogP contribution in [-0.2, 0) is 9.47 Å². The van der Waals surface area contributed by atoms with Crippen LogP contribution in [-0.4, -0.2) is 32.6 Å². The molecule has 2 nitrogen and oxygen atoms in total. The predicted molar refractivity (Wildman–Crippen MR) is 45.0 cm³/mol. The quantitative estimate of drug-likeness (QED) is 0.651. The molecule has 0 saturated carbocycles. The van der Waals surface area contributed by atoms with Crippen LogP contribution in [0.2, 0.25) is 0 Å². The zero-order valence-electron chi connectivity index (χ0n) is 8.19. The van der Waals surface area contributed by atoms with Crippen molar-refractivity contribution in [1.29, 1.82) is 0 Å². The molecule has 0 bridgehead atoms. The van der Waals surface area contributed by atoms with Gasteiger partial charge in [0.05, 0.1) is 32.8 Å². The van der Waals surface area contributed by atoms with Gasteiger partial charge in [-0.25, -0.2) is 0 Å². The van der Waals surface area contributed by atoms with Gasteiger partial charge >= 0.3 is 6.18 Å². The van der Waals surface area contributed by atoms with E-state index in [-0.39, 0.29) is 12.0 Å². The van der Waals surface area contributed by atoms with Crippen molar-refractivity contribution < 1.29 is 22.6 Å². The topological polar surface area (TPSA) is 18.5 Å². The number of hydrogen-bond donors (Lipinski definition) is 0. The van der Waals surface area contributed by atoms with E-state index in [9.17, 15) is 13.2 Å². The van der Waals surface area contributed by atoms with E-state index in [1.165, 1.54) is 0 Å². The van der Waals surface area contributed by atoms with Gasteiger partial charge in [-0.05, 0) is 6.42 Å². The highest BCUT2D eigenvalue weighted by atomic mass is 19.4. The summed E-state index contributed by atoms with van der Waals surface area (Å²) < 4.78 is 45.3. The highest BCUT2D eigenvalue weighted by Crippen LogP contribution is 2.31. The van der Waals surface area contributed by atoms with Crippen molar-refractivity contribution in [1.82, 2.24) is 0 Å². The predicted octanol–water partition coefficient (Wildman–Crippen LogP) is 2.38. The van der Waals surface area contributed by atoms with Gasteiger partial charge in [0.1, 0.15) is 0 Å². The molecule has 84 valence electrons. The van der Waals surface area contributed by atoms with Gasteiger partial charge in [0.2, 0.25) is 0 Å². The SMILES string of the molecule is CCC1(COCCC(F)(F)F)COC1. The fourth-order valence-corrected chi connectivity index (χ4v) is 1.26. The molecule has 1 saturated heterocycles. The smallest absolute Gasteiger partial charge is 0.380 e. The summed E-state index contributed by atoms with van der Waals surface area (Å²) in [6.45, 7) is 3.34. The first-order chi connectivity index (χ1) is 6.47. The second-order valence-electron chi connectivity index (χ2n) is 3.76. The van der Waals surface area contributed by atoms with Gasteiger partial charge in [0.15, 0.2) is 0 Å². The summed E-state index contributed by atoms with van der Waals surface area (Å²) in [5.74, 6) is 0. The minimum absolute atomic E-state index is 0.0222. The van der Waals surface area contributed by atoms with E-state index in [0.717, 1.165) is 6.42 Å². The number of alkyl halides is 3. The Morgan fingerprint density at radius 1 is 1.36 bits per heavy atom. The highest BCUT2D eigenvalue weighted by Gasteiger charge is 2.37. The van der Waals surface area contributed by atoms with Gasteiger partial charge in [-0.1, -0.05) is 6.92 Å². The number of halogens is 3. The molecule has 0 atom stereocenters. The number of hydrogen-bond acceptors (Lipinski definition) is 2. The second-order valence-corrected chi connectivity index (χ2v) is 3.76. The number of ether oxygens (including phenoxy) is 2. The van der Waals surface area contributed by atoms with E-state index >= 15 is 0 Å². The van der Waals surface area contributed by atoms with E-state index in [1.54, 1.807) is 0 Å². The van der Waals surface area contributed by atoms with Crippen LogP contribution >= 0.6 is 0 Å². The minimum atomic E-state index is -4.12. The summed E-state index contributed by atoms with van der Waals surface area (Å²) in [6, 6.07) is 0. The molecule has 0 radical (unpaired) electrons. The van der Waals surface area contributed by atoms with Crippen molar-refractivity contribution in [3.8, 4) is 0 Å². The number of rotatable bonds is 5. The molecule has 0 aromatic heterocycles. The highest BCUT2D eigenvalue weighted by molar-refractivity contribution is 4.83. The average molecular weight is 212 g/mol. The molecule has 1 aliphatic rings. The molecule has 1 aliphatic heterocycles. The third kappa shape index (κ3) is 3.46. The molecule has 1 heterocycles. The molecule has 1 rings (SSSR count). The molecule has 0 spiro atoms. The summed E-state index contributed by atoms with van der Waals surface area (Å²) in [4.78, 5) is 0. The van der Waals surface area contributed by atoms with Gasteiger partial charge < -0.3 is 9.47 Å². The Morgan fingerprint density at radius 3 is 2.36 bits per heavy atom. The Labute approximate surface area is 81.4 Å². The molecule has 14 heavy (non-hydrogen) atoms. The van der Waals surface area contributed by atoms with E-state index in [1.807, 2.05) is 6.92 Å². The molecule has 0 aromatic rings. The van der Waals surface area contributed by atoms with Crippen molar-refractivity contribution in [3.63, 3.8) is 0 Å². The fourth-order valence-electron chi connectivity index (χ4n) is 1.26. The van der Waals surface area contributed by atoms with Gasteiger partial charge in [0.25, 0.3) is 0 Å². The van der Waals surface area contributed by atoms with Crippen molar-refractivity contribution in [2.24, 2.45) is 5.41 Å². The summed E-state index contributed by atoms with van der Waals surface area (Å²) in [5, 5.41) is 0. The molecule has 1 fully saturated rings. The van der Waals surface area contributed by atoms with Crippen LogP contribution in [0.15, 0.2) is 0 Å². The van der Waals surface area contributed by atoms with Gasteiger partial charge in [-0.2, -0.15) is 13.2 Å². The maximum absolute atomic E-state index is 11.7. The maximum Gasteiger partial charge on any atom is 0.391 e. The molecule has 0 aromatic carbocycles. The lowest BCUT2D eigenvalue weighted by molar-refractivity contribution is -0.170. The Kier molecular flexibility index (Phi) is 3.78. The maximum atomic E-state index is 11.7. The Balaban J connectivity index is 2.09. The van der Waals surface area contributed by atoms with E-state index in [2.05, 4.69) is 0 Å². The lowest BCUT2D eigenvalue weighted by Gasteiger charge is -2.40. The molecule has 0 amide bonds. The molecule has 0 aliphatic carbocycles. The van der Waals surface area contributed by atoms with E-state index < -0.39 is 12.6 Å². The molecule has 5 heteroatoms. The molecule has 0 unspecified atom stereocenters. The first-order valence-corrected chi connectivity index (χ1v) is 4.70. The van der Waals surface area contributed by atoms with Gasteiger partial charge in [-0.3, -0.25) is 0 Å². The Hall–Kier alpha value is -0.290. The van der Waals surface area contributed by atoms with Crippen molar-refractivity contribution in [2.45, 2.75) is 25.9 Å². The van der Waals surface area contributed by atoms with Crippen molar-refractivity contribution >= 4 is 0 Å². The first kappa shape index (κ1) is 11.8. The third-order valence-corrected chi connectivity index (χ3v) is 2.50. The summed E-state index contributed by atoms with van der Waals surface area (Å²) in [5.41, 5.74) is -0.0222. The molecular formula is C9H15F3O2. The fraction of sp³-hybridized carbons (Fsp3) is 1.00. The molecule has 0 N–H and O–H groups in total. The standard InChI is InChI=1S/C9H15F3O2/c1-2-8(6-14-7-8)5-13-4-3-9(10,11)12/h2-7H2,1H3. The van der Waals surface area contributed by atoms with E-state index in [4.69, 9.17) is 9.47 Å². The van der Waals surface area contributed by atoms with Gasteiger partial charge in [0, 0.05) is 5.41 Å². The zero-order valence-corrected chi connectivity index (χ0v) is 8.19. The normalized spacial score (nSPS) is 20.6. The monoisotopic (exact) mass is 212 g/mol. The van der Waals surface area contributed by atoms with Crippen LogP contribution in [0.25, 0.3) is 0 Å². The minimum Gasteiger partial charge on any atom is -0.380 e. The van der Waals surface area contributed by atoms with Crippen molar-refractivity contribution in [2.75, 3.05) is 26.4 Å². The van der Waals surface area contributed by atoms with Crippen molar-refractivity contribution in [3.05, 3.63) is 0 Å². The van der Waals surface area contributed by atoms with Crippen LogP contribution in [0, 0.1) is 5.41 Å². The second kappa shape index (κ2) is 4.49. The lowest BCUT2D eigenvalue weighted by Crippen LogP contribution is -2.45. The molecular weight excluding hydrogens is 197 g/mol. The van der Waals surface area contributed by atoms with Crippen LogP contribution < -0.4 is 0 Å². The summed E-state index contributed by atoms with van der Waals surface area (Å²) in [6.07, 6.45) is -4.10. The van der Waals surface area contributed by atoms with Gasteiger partial charge in [-0.15, -0.1) is 0 Å². The first-order valence-electron chi connectivity index (χ1n) is 4.70. The van der Waals surface area contributed by atoms with E-state index in [0.29, 0.717) is 19.8 Å².